The number of hydrogen-bond acceptors (Lipinski definition) is 6. The summed E-state index contributed by atoms with van der Waals surface area (Å²) in [6.45, 7) is 4.57. The van der Waals surface area contributed by atoms with E-state index in [-0.39, 0.29) is 11.9 Å². The third kappa shape index (κ3) is 5.43. The number of piperidine rings is 1. The van der Waals surface area contributed by atoms with E-state index in [1.54, 1.807) is 6.20 Å². The molecule has 3 amide bonds. The van der Waals surface area contributed by atoms with Crippen molar-refractivity contribution >= 4 is 34.3 Å². The van der Waals surface area contributed by atoms with Crippen LogP contribution in [0.5, 0.6) is 0 Å². The fourth-order valence-electron chi connectivity index (χ4n) is 3.70. The molecule has 0 spiro atoms. The van der Waals surface area contributed by atoms with E-state index in [1.165, 1.54) is 11.3 Å². The van der Waals surface area contributed by atoms with E-state index in [0.717, 1.165) is 54.8 Å². The van der Waals surface area contributed by atoms with Gasteiger partial charge in [0.15, 0.2) is 12.0 Å². The van der Waals surface area contributed by atoms with E-state index < -0.39 is 6.17 Å². The minimum absolute atomic E-state index is 0.290. The second-order valence-corrected chi connectivity index (χ2v) is 8.95. The number of nitrogens with zero attached hydrogens (tertiary/aromatic N) is 2. The molecule has 3 heterocycles. The maximum Gasteiger partial charge on any atom is 0.316 e. The first-order chi connectivity index (χ1) is 15.6. The van der Waals surface area contributed by atoms with Crippen LogP contribution < -0.4 is 21.3 Å². The lowest BCUT2D eigenvalue weighted by atomic mass is 9.99. The van der Waals surface area contributed by atoms with E-state index in [4.69, 9.17) is 0 Å². The first-order valence-corrected chi connectivity index (χ1v) is 11.9. The zero-order valence-corrected chi connectivity index (χ0v) is 18.9. The van der Waals surface area contributed by atoms with Gasteiger partial charge in [-0.3, -0.25) is 4.79 Å². The van der Waals surface area contributed by atoms with Crippen LogP contribution in [0, 0.1) is 0 Å². The van der Waals surface area contributed by atoms with Gasteiger partial charge in [0, 0.05) is 12.5 Å². The van der Waals surface area contributed by atoms with Crippen molar-refractivity contribution in [3.63, 3.8) is 0 Å². The molecule has 1 aromatic carbocycles. The molecule has 10 heteroatoms. The molecule has 0 aliphatic carbocycles. The third-order valence-corrected chi connectivity index (χ3v) is 6.64. The van der Waals surface area contributed by atoms with Crippen LogP contribution in [0.2, 0.25) is 0 Å². The summed E-state index contributed by atoms with van der Waals surface area (Å²) in [5.41, 5.74) is 1.60. The molecular weight excluding hydrogens is 426 g/mol. The molecule has 32 heavy (non-hydrogen) atoms. The number of carbonyl (C=O) groups excluding carboxylic acids is 2. The summed E-state index contributed by atoms with van der Waals surface area (Å²) in [6.07, 6.45) is 4.73. The van der Waals surface area contributed by atoms with Crippen LogP contribution in [-0.2, 0) is 0 Å². The van der Waals surface area contributed by atoms with Crippen molar-refractivity contribution in [2.45, 2.75) is 44.7 Å². The van der Waals surface area contributed by atoms with Crippen LogP contribution in [0.15, 0.2) is 30.5 Å². The van der Waals surface area contributed by atoms with Crippen LogP contribution in [0.1, 0.15) is 65.2 Å². The molecule has 4 rings (SSSR count). The van der Waals surface area contributed by atoms with Crippen molar-refractivity contribution in [1.29, 1.82) is 0 Å². The Balaban J connectivity index is 1.49. The second kappa shape index (κ2) is 10.6. The van der Waals surface area contributed by atoms with Gasteiger partial charge in [-0.1, -0.05) is 25.5 Å². The minimum atomic E-state index is -0.805. The number of aromatic amines is 1. The second-order valence-electron chi connectivity index (χ2n) is 7.89. The van der Waals surface area contributed by atoms with Crippen LogP contribution in [0.3, 0.4) is 0 Å². The van der Waals surface area contributed by atoms with Gasteiger partial charge in [-0.2, -0.15) is 0 Å². The molecule has 0 radical (unpaired) electrons. The number of aromatic nitrogens is 3. The number of thiazole rings is 1. The zero-order chi connectivity index (χ0) is 22.3. The highest BCUT2D eigenvalue weighted by molar-refractivity contribution is 7.13. The fourth-order valence-corrected chi connectivity index (χ4v) is 4.69. The molecule has 1 saturated heterocycles. The maximum absolute atomic E-state index is 13.0. The average molecular weight is 456 g/mol. The van der Waals surface area contributed by atoms with Gasteiger partial charge in [-0.25, -0.2) is 14.8 Å². The molecule has 170 valence electrons. The topological polar surface area (TPSA) is 124 Å². The highest BCUT2D eigenvalue weighted by Crippen LogP contribution is 2.29. The Morgan fingerprint density at radius 1 is 1.22 bits per heavy atom. The van der Waals surface area contributed by atoms with E-state index in [9.17, 15) is 9.59 Å². The highest BCUT2D eigenvalue weighted by atomic mass is 32.1. The molecule has 5 N–H and O–H groups in total. The van der Waals surface area contributed by atoms with Gasteiger partial charge in [0.1, 0.15) is 4.88 Å². The lowest BCUT2D eigenvalue weighted by molar-refractivity contribution is 0.0933. The fraction of sp³-hybridized carbons (Fsp3) is 0.455. The summed E-state index contributed by atoms with van der Waals surface area (Å²) in [4.78, 5) is 38.2. The number of rotatable bonds is 8. The van der Waals surface area contributed by atoms with Crippen molar-refractivity contribution < 1.29 is 9.59 Å². The van der Waals surface area contributed by atoms with Crippen LogP contribution in [0.4, 0.5) is 4.79 Å². The summed E-state index contributed by atoms with van der Waals surface area (Å²) >= 11 is 1.42. The van der Waals surface area contributed by atoms with E-state index in [0.29, 0.717) is 23.2 Å². The van der Waals surface area contributed by atoms with Gasteiger partial charge in [-0.05, 0) is 44.5 Å². The van der Waals surface area contributed by atoms with Gasteiger partial charge in [0.05, 0.1) is 22.2 Å². The molecule has 0 bridgehead atoms. The summed E-state index contributed by atoms with van der Waals surface area (Å²) < 4.78 is 0. The molecule has 9 nitrogen and oxygen atoms in total. The number of benzene rings is 1. The van der Waals surface area contributed by atoms with Crippen molar-refractivity contribution in [2.24, 2.45) is 0 Å². The number of para-hydroxylation sites is 2. The Labute approximate surface area is 190 Å². The quantitative estimate of drug-likeness (QED) is 0.264. The van der Waals surface area contributed by atoms with Gasteiger partial charge in [0.2, 0.25) is 0 Å². The number of fused-ring (bicyclic) bond motifs is 1. The zero-order valence-electron chi connectivity index (χ0n) is 18.1. The van der Waals surface area contributed by atoms with Crippen molar-refractivity contribution in [3.05, 3.63) is 46.2 Å². The number of nitrogens with one attached hydrogen (secondary N) is 5. The maximum atomic E-state index is 13.0. The Morgan fingerprint density at radius 3 is 2.81 bits per heavy atom. The molecule has 1 aliphatic rings. The normalized spacial score (nSPS) is 15.4. The molecular formula is C22H29N7O2S. The van der Waals surface area contributed by atoms with Crippen molar-refractivity contribution in [2.75, 3.05) is 19.6 Å². The smallest absolute Gasteiger partial charge is 0.316 e. The number of carbonyl (C=O) groups is 2. The summed E-state index contributed by atoms with van der Waals surface area (Å²) in [5.74, 6) is 0.562. The third-order valence-electron chi connectivity index (χ3n) is 5.48. The molecule has 1 atom stereocenters. The molecule has 0 saturated carbocycles. The van der Waals surface area contributed by atoms with Gasteiger partial charge in [-0.15, -0.1) is 11.3 Å². The minimum Gasteiger partial charge on any atom is -0.339 e. The monoisotopic (exact) mass is 455 g/mol. The molecule has 2 aromatic heterocycles. The molecule has 1 aliphatic heterocycles. The molecule has 1 unspecified atom stereocenters. The molecule has 1 fully saturated rings. The van der Waals surface area contributed by atoms with Crippen LogP contribution in [-0.4, -0.2) is 46.5 Å². The first-order valence-electron chi connectivity index (χ1n) is 11.1. The lowest BCUT2D eigenvalue weighted by Crippen LogP contribution is -2.46. The summed E-state index contributed by atoms with van der Waals surface area (Å²) in [7, 11) is 0. The average Bonchev–Trinajstić information content (AvgIpc) is 3.47. The van der Waals surface area contributed by atoms with E-state index >= 15 is 0 Å². The van der Waals surface area contributed by atoms with Gasteiger partial charge >= 0.3 is 6.03 Å². The van der Waals surface area contributed by atoms with Crippen LogP contribution >= 0.6 is 11.3 Å². The number of amides is 3. The first kappa shape index (κ1) is 22.2. The lowest BCUT2D eigenvalue weighted by Gasteiger charge is -2.20. The Kier molecular flexibility index (Phi) is 7.33. The van der Waals surface area contributed by atoms with Crippen molar-refractivity contribution in [3.8, 4) is 0 Å². The Bertz CT molecular complexity index is 1020. The van der Waals surface area contributed by atoms with Crippen LogP contribution in [0.25, 0.3) is 11.0 Å². The standard InChI is InChI=1S/C22H29N7O2S/c1-2-3-10-24-22(31)29-19(18-26-15-6-4-5-7-16(15)27-18)28-20(30)17-13-25-21(32-17)14-8-11-23-12-9-14/h4-7,13-14,19,23H,2-3,8-12H2,1H3,(H,26,27)(H,28,30)(H2,24,29,31). The van der Waals surface area contributed by atoms with Gasteiger partial charge in [0.25, 0.3) is 5.91 Å². The van der Waals surface area contributed by atoms with Gasteiger partial charge < -0.3 is 26.3 Å². The number of H-pyrrole nitrogens is 1. The summed E-state index contributed by atoms with van der Waals surface area (Å²) in [5, 5.41) is 12.9. The highest BCUT2D eigenvalue weighted by Gasteiger charge is 2.24. The molecule has 3 aromatic rings. The number of unbranched alkanes of at least 4 members (excludes halogenated alkanes) is 1. The van der Waals surface area contributed by atoms with E-state index in [1.807, 2.05) is 24.3 Å². The van der Waals surface area contributed by atoms with E-state index in [2.05, 4.69) is 43.1 Å². The SMILES string of the molecule is CCCCNC(=O)NC(NC(=O)c1cnc(C2CCNCC2)s1)c1nc2ccccc2[nH]1. The Hall–Kier alpha value is -2.98. The largest absolute Gasteiger partial charge is 0.339 e. The summed E-state index contributed by atoms with van der Waals surface area (Å²) in [6, 6.07) is 7.22. The Morgan fingerprint density at radius 2 is 2.03 bits per heavy atom. The predicted octanol–water partition coefficient (Wildman–Crippen LogP) is 3.01. The number of hydrogen-bond donors (Lipinski definition) is 5. The van der Waals surface area contributed by atoms with Crippen molar-refractivity contribution in [1.82, 2.24) is 36.2 Å². The number of imidazole rings is 1. The number of urea groups is 1. The predicted molar refractivity (Wildman–Crippen MR) is 125 cm³/mol.